The van der Waals surface area contributed by atoms with Crippen LogP contribution in [0.5, 0.6) is 0 Å². The van der Waals surface area contributed by atoms with Crippen LogP contribution in [0.25, 0.3) is 6.08 Å². The van der Waals surface area contributed by atoms with Crippen LogP contribution in [0.15, 0.2) is 54.4 Å². The standard InChI is InChI=1S/C18H18N2O2/c21-18(22)16-3-5-17(6-4-16)20-10-7-14(8-11-20)12-15-2-1-9-19-13-15/h1-6,9,12-13H,7-8,10-11H2,(H,21,22). The summed E-state index contributed by atoms with van der Waals surface area (Å²) in [5.74, 6) is -0.883. The first-order valence-electron chi connectivity index (χ1n) is 7.40. The fourth-order valence-corrected chi connectivity index (χ4v) is 2.71. The van der Waals surface area contributed by atoms with Crippen LogP contribution in [0.3, 0.4) is 0 Å². The Morgan fingerprint density at radius 1 is 1.14 bits per heavy atom. The molecule has 112 valence electrons. The second kappa shape index (κ2) is 6.43. The zero-order valence-electron chi connectivity index (χ0n) is 12.3. The van der Waals surface area contributed by atoms with Gasteiger partial charge in [-0.15, -0.1) is 0 Å². The van der Waals surface area contributed by atoms with Crippen LogP contribution < -0.4 is 4.90 Å². The minimum atomic E-state index is -0.883. The largest absolute Gasteiger partial charge is 0.478 e. The van der Waals surface area contributed by atoms with Gasteiger partial charge in [-0.25, -0.2) is 4.79 Å². The molecule has 0 aliphatic carbocycles. The summed E-state index contributed by atoms with van der Waals surface area (Å²) < 4.78 is 0. The Balaban J connectivity index is 1.64. The lowest BCUT2D eigenvalue weighted by atomic mass is 10.0. The van der Waals surface area contributed by atoms with Crippen molar-refractivity contribution in [1.82, 2.24) is 4.98 Å². The summed E-state index contributed by atoms with van der Waals surface area (Å²) in [4.78, 5) is 17.3. The van der Waals surface area contributed by atoms with Gasteiger partial charge in [-0.3, -0.25) is 4.98 Å². The van der Waals surface area contributed by atoms with E-state index in [1.54, 1.807) is 18.3 Å². The third-order valence-electron chi connectivity index (χ3n) is 3.94. The van der Waals surface area contributed by atoms with Gasteiger partial charge in [0.2, 0.25) is 0 Å². The van der Waals surface area contributed by atoms with E-state index in [-0.39, 0.29) is 0 Å². The van der Waals surface area contributed by atoms with Crippen LogP contribution >= 0.6 is 0 Å². The minimum Gasteiger partial charge on any atom is -0.478 e. The van der Waals surface area contributed by atoms with Gasteiger partial charge < -0.3 is 10.0 Å². The molecule has 22 heavy (non-hydrogen) atoms. The molecule has 0 bridgehead atoms. The highest BCUT2D eigenvalue weighted by molar-refractivity contribution is 5.88. The highest BCUT2D eigenvalue weighted by atomic mass is 16.4. The highest BCUT2D eigenvalue weighted by Gasteiger charge is 2.14. The molecule has 0 atom stereocenters. The quantitative estimate of drug-likeness (QED) is 0.942. The Kier molecular flexibility index (Phi) is 4.19. The molecule has 0 amide bonds. The third-order valence-corrected chi connectivity index (χ3v) is 3.94. The molecule has 1 aliphatic heterocycles. The first-order chi connectivity index (χ1) is 10.7. The van der Waals surface area contributed by atoms with Gasteiger partial charge in [0.15, 0.2) is 0 Å². The molecular weight excluding hydrogens is 276 g/mol. The number of hydrogen-bond acceptors (Lipinski definition) is 3. The number of rotatable bonds is 3. The van der Waals surface area contributed by atoms with E-state index < -0.39 is 5.97 Å². The van der Waals surface area contributed by atoms with E-state index in [0.29, 0.717) is 5.56 Å². The van der Waals surface area contributed by atoms with Crippen molar-refractivity contribution in [2.75, 3.05) is 18.0 Å². The van der Waals surface area contributed by atoms with E-state index in [4.69, 9.17) is 5.11 Å². The average molecular weight is 294 g/mol. The number of carbonyl (C=O) groups is 1. The summed E-state index contributed by atoms with van der Waals surface area (Å²) in [6.45, 7) is 1.91. The molecule has 3 rings (SSSR count). The van der Waals surface area contributed by atoms with E-state index in [1.165, 1.54) is 5.57 Å². The van der Waals surface area contributed by atoms with Crippen molar-refractivity contribution in [3.63, 3.8) is 0 Å². The number of piperidine rings is 1. The molecule has 2 heterocycles. The lowest BCUT2D eigenvalue weighted by molar-refractivity contribution is 0.0697. The molecule has 1 fully saturated rings. The van der Waals surface area contributed by atoms with Gasteiger partial charge in [0.1, 0.15) is 0 Å². The fourth-order valence-electron chi connectivity index (χ4n) is 2.71. The smallest absolute Gasteiger partial charge is 0.335 e. The second-order valence-electron chi connectivity index (χ2n) is 5.43. The van der Waals surface area contributed by atoms with E-state index in [2.05, 4.69) is 22.0 Å². The van der Waals surface area contributed by atoms with Gasteiger partial charge in [-0.1, -0.05) is 17.7 Å². The van der Waals surface area contributed by atoms with Crippen molar-refractivity contribution in [2.45, 2.75) is 12.8 Å². The number of hydrogen-bond donors (Lipinski definition) is 1. The number of aromatic carboxylic acids is 1. The summed E-state index contributed by atoms with van der Waals surface area (Å²) in [7, 11) is 0. The molecule has 4 nitrogen and oxygen atoms in total. The maximum absolute atomic E-state index is 10.9. The van der Waals surface area contributed by atoms with Gasteiger partial charge in [-0.05, 0) is 48.7 Å². The number of benzene rings is 1. The molecule has 0 radical (unpaired) electrons. The SMILES string of the molecule is O=C(O)c1ccc(N2CCC(=Cc3cccnc3)CC2)cc1. The average Bonchev–Trinajstić information content (AvgIpc) is 2.57. The fraction of sp³-hybridized carbons (Fsp3) is 0.222. The van der Waals surface area contributed by atoms with E-state index >= 15 is 0 Å². The predicted molar refractivity (Wildman–Crippen MR) is 87.1 cm³/mol. The lowest BCUT2D eigenvalue weighted by Crippen LogP contribution is -2.30. The van der Waals surface area contributed by atoms with Gasteiger partial charge in [0, 0.05) is 31.2 Å². The maximum atomic E-state index is 10.9. The third kappa shape index (κ3) is 3.34. The van der Waals surface area contributed by atoms with Crippen molar-refractivity contribution in [3.05, 3.63) is 65.5 Å². The zero-order valence-corrected chi connectivity index (χ0v) is 12.3. The van der Waals surface area contributed by atoms with Gasteiger partial charge >= 0.3 is 5.97 Å². The first-order valence-corrected chi connectivity index (χ1v) is 7.40. The van der Waals surface area contributed by atoms with Gasteiger partial charge in [-0.2, -0.15) is 0 Å². The Morgan fingerprint density at radius 3 is 2.45 bits per heavy atom. The van der Waals surface area contributed by atoms with Crippen LogP contribution in [-0.4, -0.2) is 29.1 Å². The Morgan fingerprint density at radius 2 is 1.86 bits per heavy atom. The van der Waals surface area contributed by atoms with Crippen LogP contribution in [0.1, 0.15) is 28.8 Å². The summed E-state index contributed by atoms with van der Waals surface area (Å²) in [6, 6.07) is 11.1. The summed E-state index contributed by atoms with van der Waals surface area (Å²) in [5.41, 5.74) is 4.01. The Hall–Kier alpha value is -2.62. The normalized spacial score (nSPS) is 14.7. The number of pyridine rings is 1. The van der Waals surface area contributed by atoms with Crippen molar-refractivity contribution in [3.8, 4) is 0 Å². The molecule has 0 unspecified atom stereocenters. The molecule has 0 saturated carbocycles. The number of nitrogens with zero attached hydrogens (tertiary/aromatic N) is 2. The van der Waals surface area contributed by atoms with Crippen molar-refractivity contribution in [1.29, 1.82) is 0 Å². The molecule has 4 heteroatoms. The molecule has 0 spiro atoms. The van der Waals surface area contributed by atoms with E-state index in [0.717, 1.165) is 37.2 Å². The summed E-state index contributed by atoms with van der Waals surface area (Å²) in [6.07, 6.45) is 7.93. The lowest BCUT2D eigenvalue weighted by Gasteiger charge is -2.30. The summed E-state index contributed by atoms with van der Waals surface area (Å²) >= 11 is 0. The van der Waals surface area contributed by atoms with Crippen molar-refractivity contribution < 1.29 is 9.90 Å². The highest BCUT2D eigenvalue weighted by Crippen LogP contribution is 2.24. The molecule has 1 aromatic carbocycles. The monoisotopic (exact) mass is 294 g/mol. The van der Waals surface area contributed by atoms with Gasteiger partial charge in [0.05, 0.1) is 5.56 Å². The summed E-state index contributed by atoms with van der Waals surface area (Å²) in [5, 5.41) is 8.93. The Labute approximate surface area is 129 Å². The van der Waals surface area contributed by atoms with Crippen LogP contribution in [0.2, 0.25) is 0 Å². The van der Waals surface area contributed by atoms with Crippen LogP contribution in [-0.2, 0) is 0 Å². The molecule has 1 N–H and O–H groups in total. The van der Waals surface area contributed by atoms with Gasteiger partial charge in [0.25, 0.3) is 0 Å². The van der Waals surface area contributed by atoms with Crippen molar-refractivity contribution in [2.24, 2.45) is 0 Å². The predicted octanol–water partition coefficient (Wildman–Crippen LogP) is 3.46. The minimum absolute atomic E-state index is 0.331. The molecule has 2 aromatic rings. The number of aromatic nitrogens is 1. The molecule has 1 aliphatic rings. The number of anilines is 1. The Bertz CT molecular complexity index is 668. The van der Waals surface area contributed by atoms with Crippen molar-refractivity contribution >= 4 is 17.7 Å². The molecule has 1 saturated heterocycles. The topological polar surface area (TPSA) is 53.4 Å². The van der Waals surface area contributed by atoms with Crippen LogP contribution in [0.4, 0.5) is 5.69 Å². The molecule has 1 aromatic heterocycles. The molecular formula is C18H18N2O2. The zero-order chi connectivity index (χ0) is 15.4. The van der Waals surface area contributed by atoms with E-state index in [9.17, 15) is 4.79 Å². The number of carboxylic acids is 1. The maximum Gasteiger partial charge on any atom is 0.335 e. The van der Waals surface area contributed by atoms with E-state index in [1.807, 2.05) is 24.4 Å². The first kappa shape index (κ1) is 14.3. The van der Waals surface area contributed by atoms with Crippen LogP contribution in [0, 0.1) is 0 Å². The second-order valence-corrected chi connectivity index (χ2v) is 5.43. The number of carboxylic acid groups (broad SMARTS) is 1.